The van der Waals surface area contributed by atoms with Crippen LogP contribution in [0.25, 0.3) is 0 Å². The molecule has 0 aliphatic heterocycles. The third-order valence-corrected chi connectivity index (χ3v) is 3.38. The van der Waals surface area contributed by atoms with E-state index < -0.39 is 0 Å². The normalized spacial score (nSPS) is 11.2. The summed E-state index contributed by atoms with van der Waals surface area (Å²) >= 11 is 0. The van der Waals surface area contributed by atoms with Crippen molar-refractivity contribution in [2.24, 2.45) is 0 Å². The summed E-state index contributed by atoms with van der Waals surface area (Å²) in [5.41, 5.74) is 0. The first kappa shape index (κ1) is 21.3. The summed E-state index contributed by atoms with van der Waals surface area (Å²) in [5, 5.41) is 0. The Hall–Kier alpha value is -0.0100. The van der Waals surface area contributed by atoms with Crippen molar-refractivity contribution in [2.45, 2.75) is 77.6 Å². The zero-order valence-electron chi connectivity index (χ0n) is 13.5. The van der Waals surface area contributed by atoms with Gasteiger partial charge in [-0.3, -0.25) is 0 Å². The van der Waals surface area contributed by atoms with Gasteiger partial charge in [-0.05, 0) is 33.4 Å². The lowest BCUT2D eigenvalue weighted by Crippen LogP contribution is -2.11. The largest absolute Gasteiger partial charge is 0.309 e. The van der Waals surface area contributed by atoms with Crippen LogP contribution >= 0.6 is 12.4 Å². The van der Waals surface area contributed by atoms with Gasteiger partial charge in [0.2, 0.25) is 0 Å². The lowest BCUT2D eigenvalue weighted by molar-refractivity contribution is 0.417. The van der Waals surface area contributed by atoms with Crippen LogP contribution < -0.4 is 0 Å². The monoisotopic (exact) mass is 289 g/mol. The minimum Gasteiger partial charge on any atom is -0.309 e. The number of hydrogen-bond acceptors (Lipinski definition) is 1. The van der Waals surface area contributed by atoms with Gasteiger partial charge in [0.1, 0.15) is 0 Å². The average molecular weight is 290 g/mol. The molecular formula is C17H36ClN. The van der Waals surface area contributed by atoms with Gasteiger partial charge in [0.05, 0.1) is 0 Å². The number of rotatable bonds is 13. The van der Waals surface area contributed by atoms with E-state index in [2.05, 4.69) is 38.1 Å². The molecule has 0 spiro atoms. The fourth-order valence-corrected chi connectivity index (χ4v) is 2.14. The van der Waals surface area contributed by atoms with E-state index in [1.165, 1.54) is 77.2 Å². The van der Waals surface area contributed by atoms with Gasteiger partial charge in [0, 0.05) is 6.54 Å². The van der Waals surface area contributed by atoms with Crippen LogP contribution in [0.15, 0.2) is 12.2 Å². The summed E-state index contributed by atoms with van der Waals surface area (Å²) in [4.78, 5) is 2.24. The molecule has 1 nitrogen and oxygen atoms in total. The molecule has 0 fully saturated rings. The molecular weight excluding hydrogens is 254 g/mol. The Morgan fingerprint density at radius 1 is 0.684 bits per heavy atom. The molecule has 0 radical (unpaired) electrons. The Kier molecular flexibility index (Phi) is 20.2. The number of unbranched alkanes of at least 4 members (excludes halogenated alkanes) is 9. The summed E-state index contributed by atoms with van der Waals surface area (Å²) in [6, 6.07) is 0. The third-order valence-electron chi connectivity index (χ3n) is 3.38. The van der Waals surface area contributed by atoms with Crippen LogP contribution in [0.4, 0.5) is 0 Å². The fourth-order valence-electron chi connectivity index (χ4n) is 2.14. The van der Waals surface area contributed by atoms with Gasteiger partial charge in [-0.25, -0.2) is 0 Å². The van der Waals surface area contributed by atoms with Crippen LogP contribution in [-0.4, -0.2) is 25.5 Å². The first-order valence-corrected chi connectivity index (χ1v) is 8.07. The van der Waals surface area contributed by atoms with Crippen LogP contribution in [0.2, 0.25) is 0 Å². The van der Waals surface area contributed by atoms with Crippen molar-refractivity contribution >= 4 is 12.4 Å². The second-order valence-corrected chi connectivity index (χ2v) is 5.68. The molecule has 116 valence electrons. The maximum atomic E-state index is 2.37. The van der Waals surface area contributed by atoms with Crippen LogP contribution in [0.1, 0.15) is 77.6 Å². The molecule has 0 saturated carbocycles. The molecule has 0 aromatic heterocycles. The first-order chi connectivity index (χ1) is 8.77. The van der Waals surface area contributed by atoms with Crippen molar-refractivity contribution in [1.29, 1.82) is 0 Å². The summed E-state index contributed by atoms with van der Waals surface area (Å²) in [7, 11) is 4.27. The minimum atomic E-state index is 0. The van der Waals surface area contributed by atoms with Crippen molar-refractivity contribution in [1.82, 2.24) is 4.90 Å². The maximum Gasteiger partial charge on any atom is 0.000980 e. The van der Waals surface area contributed by atoms with E-state index in [0.29, 0.717) is 0 Å². The molecule has 0 atom stereocenters. The molecule has 0 unspecified atom stereocenters. The number of hydrogen-bond donors (Lipinski definition) is 0. The smallest absolute Gasteiger partial charge is 0.000980 e. The molecule has 0 bridgehead atoms. The molecule has 0 rings (SSSR count). The lowest BCUT2D eigenvalue weighted by Gasteiger charge is -2.05. The second kappa shape index (κ2) is 18.0. The van der Waals surface area contributed by atoms with E-state index >= 15 is 0 Å². The highest BCUT2D eigenvalue weighted by atomic mass is 35.5. The van der Waals surface area contributed by atoms with E-state index in [1.54, 1.807) is 0 Å². The molecule has 0 aromatic carbocycles. The molecule has 0 aromatic rings. The van der Waals surface area contributed by atoms with Crippen molar-refractivity contribution in [3.8, 4) is 0 Å². The van der Waals surface area contributed by atoms with Gasteiger partial charge in [-0.1, -0.05) is 70.4 Å². The Labute approximate surface area is 128 Å². The van der Waals surface area contributed by atoms with Crippen molar-refractivity contribution in [3.05, 3.63) is 12.2 Å². The van der Waals surface area contributed by atoms with E-state index in [0.717, 1.165) is 0 Å². The Bertz CT molecular complexity index is 178. The number of nitrogens with zero attached hydrogens (tertiary/aromatic N) is 1. The maximum absolute atomic E-state index is 2.37. The van der Waals surface area contributed by atoms with Crippen molar-refractivity contribution in [3.63, 3.8) is 0 Å². The highest BCUT2D eigenvalue weighted by molar-refractivity contribution is 5.85. The lowest BCUT2D eigenvalue weighted by atomic mass is 10.1. The van der Waals surface area contributed by atoms with Gasteiger partial charge >= 0.3 is 0 Å². The zero-order valence-corrected chi connectivity index (χ0v) is 14.3. The SMILES string of the molecule is CCCCCCCCCCCC=CCCN(C)C.Cl. The summed E-state index contributed by atoms with van der Waals surface area (Å²) in [6.45, 7) is 3.46. The van der Waals surface area contributed by atoms with Crippen LogP contribution in [0, 0.1) is 0 Å². The average Bonchev–Trinajstić information content (AvgIpc) is 2.34. The van der Waals surface area contributed by atoms with Crippen LogP contribution in [-0.2, 0) is 0 Å². The molecule has 0 saturated heterocycles. The number of halogens is 1. The van der Waals surface area contributed by atoms with Gasteiger partial charge in [-0.15, -0.1) is 12.4 Å². The minimum absolute atomic E-state index is 0. The Morgan fingerprint density at radius 3 is 1.68 bits per heavy atom. The van der Waals surface area contributed by atoms with Gasteiger partial charge in [0.15, 0.2) is 0 Å². The van der Waals surface area contributed by atoms with E-state index in [1.807, 2.05) is 0 Å². The quantitative estimate of drug-likeness (QED) is 0.304. The summed E-state index contributed by atoms with van der Waals surface area (Å²) in [6.07, 6.45) is 20.0. The third kappa shape index (κ3) is 20.5. The molecule has 19 heavy (non-hydrogen) atoms. The molecule has 0 aliphatic carbocycles. The van der Waals surface area contributed by atoms with Gasteiger partial charge in [-0.2, -0.15) is 0 Å². The van der Waals surface area contributed by atoms with Crippen LogP contribution in [0.3, 0.4) is 0 Å². The predicted octanol–water partition coefficient (Wildman–Crippen LogP) is 5.84. The Balaban J connectivity index is 0. The molecule has 2 heteroatoms. The fraction of sp³-hybridized carbons (Fsp3) is 0.882. The first-order valence-electron chi connectivity index (χ1n) is 8.07. The van der Waals surface area contributed by atoms with Gasteiger partial charge < -0.3 is 4.90 Å². The van der Waals surface area contributed by atoms with E-state index in [-0.39, 0.29) is 12.4 Å². The highest BCUT2D eigenvalue weighted by Gasteiger charge is 1.91. The topological polar surface area (TPSA) is 3.24 Å². The van der Waals surface area contributed by atoms with Crippen molar-refractivity contribution < 1.29 is 0 Å². The Morgan fingerprint density at radius 2 is 1.16 bits per heavy atom. The van der Waals surface area contributed by atoms with Crippen LogP contribution in [0.5, 0.6) is 0 Å². The van der Waals surface area contributed by atoms with E-state index in [9.17, 15) is 0 Å². The van der Waals surface area contributed by atoms with Gasteiger partial charge in [0.25, 0.3) is 0 Å². The highest BCUT2D eigenvalue weighted by Crippen LogP contribution is 2.10. The molecule has 0 aliphatic rings. The predicted molar refractivity (Wildman–Crippen MR) is 91.4 cm³/mol. The standard InChI is InChI=1S/C17H35N.ClH/c1-4-5-6-7-8-9-10-11-12-13-14-15-16-17-18(2)3;/h14-15H,4-13,16-17H2,1-3H3;1H. The zero-order chi connectivity index (χ0) is 13.5. The van der Waals surface area contributed by atoms with E-state index in [4.69, 9.17) is 0 Å². The molecule has 0 heterocycles. The van der Waals surface area contributed by atoms with Crippen molar-refractivity contribution in [2.75, 3.05) is 20.6 Å². The molecule has 0 N–H and O–H groups in total. The summed E-state index contributed by atoms with van der Waals surface area (Å²) < 4.78 is 0. The second-order valence-electron chi connectivity index (χ2n) is 5.68. The summed E-state index contributed by atoms with van der Waals surface area (Å²) in [5.74, 6) is 0. The number of allylic oxidation sites excluding steroid dienone is 1. The molecule has 0 amide bonds.